The van der Waals surface area contributed by atoms with Gasteiger partial charge in [0, 0.05) is 0 Å². The van der Waals surface area contributed by atoms with Gasteiger partial charge in [0.1, 0.15) is 0 Å². The van der Waals surface area contributed by atoms with Crippen molar-refractivity contribution < 1.29 is 16.4 Å². The second-order valence-electron chi connectivity index (χ2n) is 2.17. The molecule has 0 saturated heterocycles. The zero-order chi connectivity index (χ0) is 8.56. The maximum absolute atomic E-state index is 12.0. The van der Waals surface area contributed by atoms with Gasteiger partial charge in [-0.25, -0.2) is 0 Å². The number of hydrogen-bond donors (Lipinski definition) is 0. The maximum atomic E-state index is 12.0. The summed E-state index contributed by atoms with van der Waals surface area (Å²) in [6, 6.07) is 5.23. The van der Waals surface area contributed by atoms with Crippen molar-refractivity contribution in [3.8, 4) is 0 Å². The molecular weight excluding hydrogens is 176 g/mol. The molecule has 0 aliphatic heterocycles. The summed E-state index contributed by atoms with van der Waals surface area (Å²) in [7, 11) is -7.73. The van der Waals surface area contributed by atoms with E-state index in [2.05, 4.69) is 0 Å². The Balaban J connectivity index is 3.14. The predicted octanol–water partition coefficient (Wildman–Crippen LogP) is 2.16. The first-order chi connectivity index (χ1) is 4.86. The number of halogens is 4. The van der Waals surface area contributed by atoms with E-state index in [4.69, 9.17) is 0 Å². The zero-order valence-electron chi connectivity index (χ0n) is 5.40. The summed E-state index contributed by atoms with van der Waals surface area (Å²) in [6.45, 7) is 0. The van der Waals surface area contributed by atoms with Gasteiger partial charge in [-0.2, -0.15) is 0 Å². The second-order valence-corrected chi connectivity index (χ2v) is 4.36. The molecule has 1 aromatic rings. The predicted molar refractivity (Wildman–Crippen MR) is 36.3 cm³/mol. The molecule has 0 saturated carbocycles. The topological polar surface area (TPSA) is 0 Å². The molecule has 0 unspecified atom stereocenters. The molecule has 0 N–H and O–H groups in total. The summed E-state index contributed by atoms with van der Waals surface area (Å²) < 4.78 is 47.8. The molecule has 0 nitrogen and oxygen atoms in total. The Morgan fingerprint density at radius 3 is 1.55 bits per heavy atom. The molecule has 0 radical (unpaired) electrons. The summed E-state index contributed by atoms with van der Waals surface area (Å²) in [6.07, 6.45) is 0. The summed E-state index contributed by atoms with van der Waals surface area (Å²) >= 11 is 0. The van der Waals surface area contributed by atoms with Gasteiger partial charge in [-0.05, 0) is 0 Å². The Morgan fingerprint density at radius 1 is 0.818 bits per heavy atom. The molecule has 0 heterocycles. The third-order valence-electron chi connectivity index (χ3n) is 1.21. The molecule has 5 heteroatoms. The third kappa shape index (κ3) is 2.04. The van der Waals surface area contributed by atoms with Crippen LogP contribution >= 0.6 is 0 Å². The van der Waals surface area contributed by atoms with Gasteiger partial charge in [0.25, 0.3) is 0 Å². The van der Waals surface area contributed by atoms with Gasteiger partial charge in [-0.1, -0.05) is 0 Å². The Kier molecular flexibility index (Phi) is 1.55. The normalized spacial score (nSPS) is 15.5. The van der Waals surface area contributed by atoms with Crippen LogP contribution in [0.4, 0.5) is 16.4 Å². The van der Waals surface area contributed by atoms with Crippen molar-refractivity contribution in [1.29, 1.82) is 0 Å². The van der Waals surface area contributed by atoms with Crippen LogP contribution in [0.3, 0.4) is 0 Å². The van der Waals surface area contributed by atoms with Crippen molar-refractivity contribution >= 4 is 13.9 Å². The second kappa shape index (κ2) is 2.07. The first kappa shape index (κ1) is 8.26. The van der Waals surface area contributed by atoms with Gasteiger partial charge >= 0.3 is 60.6 Å². The van der Waals surface area contributed by atoms with Gasteiger partial charge in [0.15, 0.2) is 0 Å². The van der Waals surface area contributed by atoms with E-state index in [0.717, 1.165) is 12.1 Å². The van der Waals surface area contributed by atoms with E-state index in [-0.39, 0.29) is 0 Å². The molecule has 62 valence electrons. The fourth-order valence-electron chi connectivity index (χ4n) is 0.690. The van der Waals surface area contributed by atoms with E-state index in [0.29, 0.717) is 0 Å². The van der Waals surface area contributed by atoms with Crippen molar-refractivity contribution in [2.45, 2.75) is 0 Å². The Labute approximate surface area is 61.6 Å². The van der Waals surface area contributed by atoms with Gasteiger partial charge in [-0.15, -0.1) is 0 Å². The number of hydrogen-bond acceptors (Lipinski definition) is 0. The number of benzene rings is 1. The summed E-state index contributed by atoms with van der Waals surface area (Å²) in [5, 5.41) is -1.13. The quantitative estimate of drug-likeness (QED) is 0.354. The Hall–Kier alpha value is -0.843. The van der Waals surface area contributed by atoms with Gasteiger partial charge in [0.05, 0.1) is 0 Å². The molecule has 0 atom stereocenters. The molecule has 0 aliphatic carbocycles. The van der Waals surface area contributed by atoms with Crippen LogP contribution in [0, 0.1) is 0 Å². The molecular formula is C6H5F4Si-. The van der Waals surface area contributed by atoms with Crippen LogP contribution in [-0.2, 0) is 0 Å². The van der Waals surface area contributed by atoms with Crippen molar-refractivity contribution in [1.82, 2.24) is 0 Å². The fraction of sp³-hybridized carbons (Fsp3) is 0. The van der Waals surface area contributed by atoms with E-state index < -0.39 is 13.9 Å². The molecule has 1 aromatic carbocycles. The van der Waals surface area contributed by atoms with Crippen LogP contribution < -0.4 is 5.19 Å². The molecule has 11 heavy (non-hydrogen) atoms. The zero-order valence-corrected chi connectivity index (χ0v) is 6.40. The van der Waals surface area contributed by atoms with E-state index in [1.165, 1.54) is 18.2 Å². The van der Waals surface area contributed by atoms with Gasteiger partial charge < -0.3 is 0 Å². The van der Waals surface area contributed by atoms with Crippen molar-refractivity contribution in [3.63, 3.8) is 0 Å². The standard InChI is InChI=1S/C6H5F4Si/c7-11(8,9,10)6-4-2-1-3-5-6/h1-5H/q-1. The minimum absolute atomic E-state index is 0.744. The monoisotopic (exact) mass is 181 g/mol. The minimum atomic E-state index is -7.73. The average molecular weight is 181 g/mol. The van der Waals surface area contributed by atoms with E-state index >= 15 is 0 Å². The van der Waals surface area contributed by atoms with E-state index in [1.807, 2.05) is 0 Å². The molecule has 1 rings (SSSR count). The van der Waals surface area contributed by atoms with Gasteiger partial charge in [0.2, 0.25) is 0 Å². The molecule has 0 amide bonds. The van der Waals surface area contributed by atoms with Crippen LogP contribution in [0.25, 0.3) is 0 Å². The first-order valence-electron chi connectivity index (χ1n) is 2.92. The summed E-state index contributed by atoms with van der Waals surface area (Å²) in [4.78, 5) is 0. The van der Waals surface area contributed by atoms with Crippen LogP contribution in [0.2, 0.25) is 0 Å². The van der Waals surface area contributed by atoms with E-state index in [9.17, 15) is 16.4 Å². The average Bonchev–Trinajstić information content (AvgIpc) is 1.86. The summed E-state index contributed by atoms with van der Waals surface area (Å²) in [5.74, 6) is 0. The molecule has 0 aliphatic rings. The fourth-order valence-corrected chi connectivity index (χ4v) is 1.39. The molecule has 0 spiro atoms. The van der Waals surface area contributed by atoms with Crippen molar-refractivity contribution in [2.75, 3.05) is 0 Å². The van der Waals surface area contributed by atoms with Gasteiger partial charge in [-0.3, -0.25) is 0 Å². The Morgan fingerprint density at radius 2 is 1.27 bits per heavy atom. The number of rotatable bonds is 1. The molecule has 0 bridgehead atoms. The molecule has 0 aromatic heterocycles. The van der Waals surface area contributed by atoms with Crippen molar-refractivity contribution in [3.05, 3.63) is 30.3 Å². The van der Waals surface area contributed by atoms with Crippen LogP contribution in [0.1, 0.15) is 0 Å². The Bertz CT molecular complexity index is 241. The summed E-state index contributed by atoms with van der Waals surface area (Å²) in [5.41, 5.74) is 0. The van der Waals surface area contributed by atoms with Crippen molar-refractivity contribution in [2.24, 2.45) is 0 Å². The first-order valence-corrected chi connectivity index (χ1v) is 4.93. The molecule has 0 fully saturated rings. The van der Waals surface area contributed by atoms with Crippen LogP contribution in [0.5, 0.6) is 0 Å². The van der Waals surface area contributed by atoms with Crippen LogP contribution in [-0.4, -0.2) is 8.69 Å². The third-order valence-corrected chi connectivity index (χ3v) is 2.42. The van der Waals surface area contributed by atoms with Crippen LogP contribution in [0.15, 0.2) is 30.3 Å². The van der Waals surface area contributed by atoms with E-state index in [1.54, 1.807) is 0 Å². The SMILES string of the molecule is F[Si-](F)(F)(F)c1ccccc1.